The fourth-order valence-electron chi connectivity index (χ4n) is 1.28. The molecule has 0 radical (unpaired) electrons. The summed E-state index contributed by atoms with van der Waals surface area (Å²) >= 11 is 0. The van der Waals surface area contributed by atoms with Gasteiger partial charge in [0.25, 0.3) is 0 Å². The molecule has 0 bridgehead atoms. The average Bonchev–Trinajstić information content (AvgIpc) is 2.21. The SMILES string of the molecule is Cc1ccccc1CC(=O)OCCC(N)=O. The van der Waals surface area contributed by atoms with Gasteiger partial charge in [0.1, 0.15) is 6.61 Å². The molecule has 0 aliphatic heterocycles. The Morgan fingerprint density at radius 3 is 2.62 bits per heavy atom. The van der Waals surface area contributed by atoms with Crippen LogP contribution in [-0.2, 0) is 20.7 Å². The third-order valence-corrected chi connectivity index (χ3v) is 2.21. The molecule has 4 heteroatoms. The van der Waals surface area contributed by atoms with E-state index in [4.69, 9.17) is 10.5 Å². The van der Waals surface area contributed by atoms with Crippen molar-refractivity contribution in [3.8, 4) is 0 Å². The van der Waals surface area contributed by atoms with E-state index in [1.54, 1.807) is 0 Å². The number of amides is 1. The maximum Gasteiger partial charge on any atom is 0.310 e. The molecule has 0 saturated carbocycles. The highest BCUT2D eigenvalue weighted by molar-refractivity contribution is 5.75. The summed E-state index contributed by atoms with van der Waals surface area (Å²) in [6.45, 7) is 1.99. The lowest BCUT2D eigenvalue weighted by molar-refractivity contribution is -0.143. The Kier molecular flexibility index (Phi) is 4.51. The molecule has 1 rings (SSSR count). The Hall–Kier alpha value is -1.84. The Bertz CT molecular complexity index is 388. The summed E-state index contributed by atoms with van der Waals surface area (Å²) in [5.41, 5.74) is 6.91. The number of benzene rings is 1. The van der Waals surface area contributed by atoms with Crippen molar-refractivity contribution in [2.45, 2.75) is 19.8 Å². The second-order valence-corrected chi connectivity index (χ2v) is 3.54. The number of primary amides is 1. The lowest BCUT2D eigenvalue weighted by atomic mass is 10.1. The van der Waals surface area contributed by atoms with Crippen LogP contribution >= 0.6 is 0 Å². The molecule has 16 heavy (non-hydrogen) atoms. The smallest absolute Gasteiger partial charge is 0.310 e. The summed E-state index contributed by atoms with van der Waals surface area (Å²) in [7, 11) is 0. The predicted octanol–water partition coefficient (Wildman–Crippen LogP) is 0.956. The molecule has 1 aromatic rings. The fourth-order valence-corrected chi connectivity index (χ4v) is 1.28. The summed E-state index contributed by atoms with van der Waals surface area (Å²) in [6.07, 6.45) is 0.297. The molecule has 86 valence electrons. The van der Waals surface area contributed by atoms with E-state index < -0.39 is 5.91 Å². The van der Waals surface area contributed by atoms with Gasteiger partial charge >= 0.3 is 5.97 Å². The van der Waals surface area contributed by atoms with Crippen LogP contribution in [0.15, 0.2) is 24.3 Å². The van der Waals surface area contributed by atoms with E-state index in [0.29, 0.717) is 0 Å². The molecule has 0 spiro atoms. The second kappa shape index (κ2) is 5.90. The molecule has 0 aliphatic carbocycles. The van der Waals surface area contributed by atoms with E-state index in [2.05, 4.69) is 0 Å². The van der Waals surface area contributed by atoms with Crippen molar-refractivity contribution in [1.29, 1.82) is 0 Å². The van der Waals surface area contributed by atoms with Crippen LogP contribution < -0.4 is 5.73 Å². The van der Waals surface area contributed by atoms with Crippen LogP contribution in [0.1, 0.15) is 17.5 Å². The second-order valence-electron chi connectivity index (χ2n) is 3.54. The maximum absolute atomic E-state index is 11.4. The van der Waals surface area contributed by atoms with Crippen LogP contribution in [-0.4, -0.2) is 18.5 Å². The van der Waals surface area contributed by atoms with Crippen molar-refractivity contribution < 1.29 is 14.3 Å². The van der Waals surface area contributed by atoms with Gasteiger partial charge in [-0.25, -0.2) is 0 Å². The van der Waals surface area contributed by atoms with Gasteiger partial charge in [0.2, 0.25) is 5.91 Å². The van der Waals surface area contributed by atoms with Gasteiger partial charge in [-0.15, -0.1) is 0 Å². The van der Waals surface area contributed by atoms with Crippen LogP contribution in [0.2, 0.25) is 0 Å². The monoisotopic (exact) mass is 221 g/mol. The van der Waals surface area contributed by atoms with Gasteiger partial charge in [0.15, 0.2) is 0 Å². The zero-order valence-corrected chi connectivity index (χ0v) is 9.23. The average molecular weight is 221 g/mol. The molecular weight excluding hydrogens is 206 g/mol. The molecule has 0 atom stereocenters. The van der Waals surface area contributed by atoms with Crippen LogP contribution in [0.4, 0.5) is 0 Å². The third kappa shape index (κ3) is 4.13. The zero-order chi connectivity index (χ0) is 12.0. The van der Waals surface area contributed by atoms with Crippen LogP contribution in [0, 0.1) is 6.92 Å². The first-order valence-electron chi connectivity index (χ1n) is 5.08. The largest absolute Gasteiger partial charge is 0.465 e. The fraction of sp³-hybridized carbons (Fsp3) is 0.333. The first kappa shape index (κ1) is 12.2. The van der Waals surface area contributed by atoms with E-state index in [1.165, 1.54) is 0 Å². The number of ether oxygens (including phenoxy) is 1. The summed E-state index contributed by atoms with van der Waals surface area (Å²) < 4.78 is 4.87. The standard InChI is InChI=1S/C12H15NO3/c1-9-4-2-3-5-10(9)8-12(15)16-7-6-11(13)14/h2-5H,6-8H2,1H3,(H2,13,14). The molecule has 0 fully saturated rings. The Balaban J connectivity index is 2.40. The number of nitrogens with two attached hydrogens (primary N) is 1. The van der Waals surface area contributed by atoms with Crippen molar-refractivity contribution in [3.63, 3.8) is 0 Å². The van der Waals surface area contributed by atoms with Crippen LogP contribution in [0.25, 0.3) is 0 Å². The molecule has 0 saturated heterocycles. The summed E-state index contributed by atoms with van der Waals surface area (Å²) in [6, 6.07) is 7.60. The van der Waals surface area contributed by atoms with Gasteiger partial charge in [0.05, 0.1) is 12.8 Å². The lowest BCUT2D eigenvalue weighted by Crippen LogP contribution is -2.16. The van der Waals surface area contributed by atoms with Gasteiger partial charge in [-0.3, -0.25) is 9.59 Å². The Labute approximate surface area is 94.4 Å². The van der Waals surface area contributed by atoms with E-state index >= 15 is 0 Å². The number of rotatable bonds is 5. The minimum atomic E-state index is -0.469. The molecule has 1 aromatic carbocycles. The van der Waals surface area contributed by atoms with Crippen LogP contribution in [0.5, 0.6) is 0 Å². The van der Waals surface area contributed by atoms with E-state index in [-0.39, 0.29) is 25.4 Å². The van der Waals surface area contributed by atoms with Gasteiger partial charge in [-0.2, -0.15) is 0 Å². The number of hydrogen-bond acceptors (Lipinski definition) is 3. The number of hydrogen-bond donors (Lipinski definition) is 1. The van der Waals surface area contributed by atoms with E-state index in [9.17, 15) is 9.59 Å². The highest BCUT2D eigenvalue weighted by atomic mass is 16.5. The maximum atomic E-state index is 11.4. The third-order valence-electron chi connectivity index (χ3n) is 2.21. The van der Waals surface area contributed by atoms with E-state index in [0.717, 1.165) is 11.1 Å². The highest BCUT2D eigenvalue weighted by Gasteiger charge is 2.07. The molecule has 0 unspecified atom stereocenters. The van der Waals surface area contributed by atoms with Gasteiger partial charge < -0.3 is 10.5 Å². The summed E-state index contributed by atoms with van der Waals surface area (Å²) in [5.74, 6) is -0.806. The van der Waals surface area contributed by atoms with Crippen molar-refractivity contribution >= 4 is 11.9 Å². The number of carbonyl (C=O) groups is 2. The van der Waals surface area contributed by atoms with Crippen molar-refractivity contribution in [3.05, 3.63) is 35.4 Å². The topological polar surface area (TPSA) is 69.4 Å². The van der Waals surface area contributed by atoms with Crippen LogP contribution in [0.3, 0.4) is 0 Å². The molecule has 2 N–H and O–H groups in total. The molecule has 0 heterocycles. The summed E-state index contributed by atoms with van der Waals surface area (Å²) in [5, 5.41) is 0. The first-order chi connectivity index (χ1) is 7.59. The summed E-state index contributed by atoms with van der Waals surface area (Å²) in [4.78, 5) is 21.8. The zero-order valence-electron chi connectivity index (χ0n) is 9.23. The van der Waals surface area contributed by atoms with Crippen molar-refractivity contribution in [1.82, 2.24) is 0 Å². The number of aryl methyl sites for hydroxylation is 1. The Morgan fingerprint density at radius 1 is 1.31 bits per heavy atom. The molecule has 1 amide bonds. The number of esters is 1. The number of carbonyl (C=O) groups excluding carboxylic acids is 2. The van der Waals surface area contributed by atoms with Gasteiger partial charge in [-0.05, 0) is 18.1 Å². The minimum absolute atomic E-state index is 0.0556. The van der Waals surface area contributed by atoms with E-state index in [1.807, 2.05) is 31.2 Å². The van der Waals surface area contributed by atoms with Gasteiger partial charge in [-0.1, -0.05) is 24.3 Å². The molecule has 0 aromatic heterocycles. The highest BCUT2D eigenvalue weighted by Crippen LogP contribution is 2.08. The normalized spacial score (nSPS) is 9.81. The quantitative estimate of drug-likeness (QED) is 0.753. The predicted molar refractivity (Wildman–Crippen MR) is 59.7 cm³/mol. The molecule has 0 aliphatic rings. The minimum Gasteiger partial charge on any atom is -0.465 e. The molecule has 4 nitrogen and oxygen atoms in total. The van der Waals surface area contributed by atoms with Gasteiger partial charge in [0, 0.05) is 0 Å². The Morgan fingerprint density at radius 2 is 2.00 bits per heavy atom. The first-order valence-corrected chi connectivity index (χ1v) is 5.08. The van der Waals surface area contributed by atoms with Crippen molar-refractivity contribution in [2.24, 2.45) is 5.73 Å². The lowest BCUT2D eigenvalue weighted by Gasteiger charge is -2.05. The van der Waals surface area contributed by atoms with Crippen molar-refractivity contribution in [2.75, 3.05) is 6.61 Å². The molecular formula is C12H15NO3.